The molecule has 1 fully saturated rings. The van der Waals surface area contributed by atoms with Gasteiger partial charge in [0.25, 0.3) is 0 Å². The van der Waals surface area contributed by atoms with Gasteiger partial charge in [0.15, 0.2) is 24.2 Å². The summed E-state index contributed by atoms with van der Waals surface area (Å²) in [7, 11) is 5.06. The first-order valence-corrected chi connectivity index (χ1v) is 22.7. The molecule has 0 spiro atoms. The van der Waals surface area contributed by atoms with Crippen molar-refractivity contribution in [3.05, 3.63) is 0 Å². The van der Waals surface area contributed by atoms with Crippen LogP contribution in [0.25, 0.3) is 0 Å². The number of nitrogens with one attached hydrogen (secondary N) is 2. The molecule has 8 unspecified atom stereocenters. The van der Waals surface area contributed by atoms with Gasteiger partial charge in [0.2, 0.25) is 0 Å². The summed E-state index contributed by atoms with van der Waals surface area (Å²) in [4.78, 5) is 41.5. The van der Waals surface area contributed by atoms with Crippen molar-refractivity contribution in [3.8, 4) is 0 Å². The summed E-state index contributed by atoms with van der Waals surface area (Å²) in [6.07, 6.45) is 1.70. The highest BCUT2D eigenvalue weighted by molar-refractivity contribution is 5.96. The fraction of sp³-hybridized carbons (Fsp3) is 0.884. The maximum Gasteiger partial charge on any atom is 0.373 e. The predicted molar refractivity (Wildman–Crippen MR) is 270 cm³/mol. The van der Waals surface area contributed by atoms with Crippen molar-refractivity contribution in [1.29, 1.82) is 5.41 Å². The summed E-state index contributed by atoms with van der Waals surface area (Å²) >= 11 is 0. The van der Waals surface area contributed by atoms with Crippen LogP contribution in [-0.4, -0.2) is 185 Å². The minimum Gasteiger partial charge on any atom is -0.394 e. The lowest BCUT2D eigenvalue weighted by atomic mass is 9.93. The van der Waals surface area contributed by atoms with Gasteiger partial charge < -0.3 is 97.0 Å². The van der Waals surface area contributed by atoms with Crippen LogP contribution >= 0.6 is 0 Å². The van der Waals surface area contributed by atoms with Gasteiger partial charge in [0, 0.05) is 39.8 Å². The van der Waals surface area contributed by atoms with Crippen LogP contribution in [0.4, 0.5) is 0 Å². The monoisotopic (exact) mass is 1010 g/mol. The fourth-order valence-corrected chi connectivity index (χ4v) is 3.91. The third kappa shape index (κ3) is 70.9. The normalized spacial score (nSPS) is 19.3. The number of aliphatic hydroxyl groups is 7. The quantitative estimate of drug-likeness (QED) is 0.0395. The van der Waals surface area contributed by atoms with E-state index in [1.807, 2.05) is 34.6 Å². The van der Waals surface area contributed by atoms with Crippen molar-refractivity contribution in [2.75, 3.05) is 40.8 Å². The molecule has 0 saturated carbocycles. The largest absolute Gasteiger partial charge is 0.394 e. The number of hydrogen-bond acceptors (Lipinski definition) is 19. The number of rotatable bonds is 16. The second-order valence-corrected chi connectivity index (χ2v) is 16.3. The molecule has 0 aromatic carbocycles. The van der Waals surface area contributed by atoms with Gasteiger partial charge >= 0.3 is 12.3 Å². The number of ether oxygens (including phenoxy) is 1. The van der Waals surface area contributed by atoms with Crippen molar-refractivity contribution >= 4 is 30.2 Å². The van der Waals surface area contributed by atoms with E-state index in [0.29, 0.717) is 31.1 Å². The van der Waals surface area contributed by atoms with E-state index < -0.39 is 55.6 Å². The first-order valence-electron chi connectivity index (χ1n) is 22.7. The number of hydrogen-bond donors (Lipinski definition) is 18. The van der Waals surface area contributed by atoms with Gasteiger partial charge in [-0.3, -0.25) is 20.7 Å². The molecule has 0 amide bonds. The third-order valence-corrected chi connectivity index (χ3v) is 8.36. The number of aliphatic imine (C=N–C) groups is 2. The van der Waals surface area contributed by atoms with E-state index in [9.17, 15) is 25.5 Å². The highest BCUT2D eigenvalue weighted by Crippen LogP contribution is 2.18. The van der Waals surface area contributed by atoms with Crippen molar-refractivity contribution in [2.45, 2.75) is 201 Å². The van der Waals surface area contributed by atoms with Crippen LogP contribution in [0, 0.1) is 11.3 Å². The molecule has 1 rings (SSSR count). The Kier molecular flexibility index (Phi) is 74.4. The topological polar surface area (TPSA) is 520 Å². The zero-order chi connectivity index (χ0) is 55.5. The smallest absolute Gasteiger partial charge is 0.373 e. The molecule has 0 bridgehead atoms. The summed E-state index contributed by atoms with van der Waals surface area (Å²) in [5.41, 5.74) is 44.4. The van der Waals surface area contributed by atoms with Crippen LogP contribution in [0.5, 0.6) is 0 Å². The van der Waals surface area contributed by atoms with Crippen LogP contribution in [0.1, 0.15) is 128 Å². The SMILES string of the molecule is C.CC(C)[NH3+].CC(N)CCCCN.CC(N)CCCN=C(N)N.CCC(C)[NH3+].CCC[C@H](O)[C@@H](O)[C@H](O)[C@H](C)CC.CN=C(N)NC(=N)N(C)C.NC1C(O)OC(CO)C(O)C1O.O=C=O.O=C=O. The Balaban J connectivity index is -0.0000000869. The number of unbranched alkanes of at least 4 members (excludes halogenated alkanes) is 1. The lowest BCUT2D eigenvalue weighted by Crippen LogP contribution is -2.61. The van der Waals surface area contributed by atoms with Crippen molar-refractivity contribution < 1.29 is 71.1 Å². The maximum atomic E-state index is 9.57. The minimum atomic E-state index is -1.35. The Morgan fingerprint density at radius 1 is 0.812 bits per heavy atom. The van der Waals surface area contributed by atoms with Gasteiger partial charge in [-0.05, 0) is 85.6 Å². The van der Waals surface area contributed by atoms with Gasteiger partial charge in [-0.15, -0.1) is 0 Å². The lowest BCUT2D eigenvalue weighted by molar-refractivity contribution is -0.414. The van der Waals surface area contributed by atoms with Crippen LogP contribution in [0.2, 0.25) is 0 Å². The van der Waals surface area contributed by atoms with Crippen molar-refractivity contribution in [1.82, 2.24) is 10.2 Å². The number of aliphatic hydroxyl groups excluding tert-OH is 7. The average molecular weight is 1010 g/mol. The van der Waals surface area contributed by atoms with Gasteiger partial charge in [-0.25, -0.2) is 0 Å². The highest BCUT2D eigenvalue weighted by atomic mass is 16.6. The van der Waals surface area contributed by atoms with Gasteiger partial charge in [-0.1, -0.05) is 54.4 Å². The molecule has 418 valence electrons. The summed E-state index contributed by atoms with van der Waals surface area (Å²) in [6.45, 7) is 19.1. The van der Waals surface area contributed by atoms with Crippen molar-refractivity contribution in [2.24, 2.45) is 56.0 Å². The molecule has 0 aromatic heterocycles. The number of quaternary nitrogens is 2. The molecule has 12 atom stereocenters. The van der Waals surface area contributed by atoms with Crippen LogP contribution in [-0.2, 0) is 23.9 Å². The minimum absolute atomic E-state index is 0. The molecule has 69 heavy (non-hydrogen) atoms. The summed E-state index contributed by atoms with van der Waals surface area (Å²) in [6, 6.07) is 0.772. The van der Waals surface area contributed by atoms with Crippen LogP contribution in [0.3, 0.4) is 0 Å². The molecule has 1 aliphatic rings. The Morgan fingerprint density at radius 2 is 1.23 bits per heavy atom. The van der Waals surface area contributed by atoms with E-state index in [1.165, 1.54) is 12.8 Å². The van der Waals surface area contributed by atoms with E-state index in [0.717, 1.165) is 45.1 Å². The zero-order valence-electron chi connectivity index (χ0n) is 43.5. The van der Waals surface area contributed by atoms with E-state index in [4.69, 9.17) is 79.7 Å². The van der Waals surface area contributed by atoms with Gasteiger partial charge in [0.1, 0.15) is 24.4 Å². The first kappa shape index (κ1) is 85.1. The maximum absolute atomic E-state index is 9.57. The van der Waals surface area contributed by atoms with E-state index in [1.54, 1.807) is 26.0 Å². The number of guanidine groups is 3. The Hall–Kier alpha value is -3.79. The Bertz CT molecular complexity index is 1190. The Labute approximate surface area is 413 Å². The second kappa shape index (κ2) is 60.3. The fourth-order valence-electron chi connectivity index (χ4n) is 3.91. The van der Waals surface area contributed by atoms with Gasteiger partial charge in [0.05, 0.1) is 36.9 Å². The van der Waals surface area contributed by atoms with Gasteiger partial charge in [-0.2, -0.15) is 19.2 Å². The predicted octanol–water partition coefficient (Wildman–Crippen LogP) is -4.34. The van der Waals surface area contributed by atoms with Crippen LogP contribution in [0.15, 0.2) is 9.98 Å². The Morgan fingerprint density at radius 3 is 1.54 bits per heavy atom. The van der Waals surface area contributed by atoms with E-state index >= 15 is 0 Å². The second-order valence-electron chi connectivity index (χ2n) is 16.3. The molecule has 1 heterocycles. The molecule has 0 radical (unpaired) electrons. The van der Waals surface area contributed by atoms with E-state index in [-0.39, 0.29) is 49.6 Å². The lowest BCUT2D eigenvalue weighted by Gasteiger charge is -2.38. The number of carbonyl (C=O) groups excluding carboxylic acids is 4. The molecular formula is C43H106N14O12+2. The standard InChI is InChI=1S/C10H22O3.C6H16N4.C6H16N2.C6H13NO5.C5H13N5.C4H11N.C3H9N.2CO2.CH4/c1-4-6-8(11)10(13)9(12)7(3)5-2;1-5(7)3-2-4-10-6(8)9;1-6(8)4-2-3-5-7;7-3-5(10)4(9)2(1-8)12-6(3)11;1-8-4(6)9-5(7)10(2)3;1-3-4(2)5;1-3(2)4;2*2-1-3;/h7-13H,4-6H2,1-3H3;5H,2-4,7H2,1H3,(H4,8,9,10);6H,2-5,7-8H2,1H3;2-6,8-11H,1,7H2;1-3H3,(H4,6,7,8,9);4H,3,5H2,1-2H3;3H,4H2,1-2H3;;;1H4/p+2/t7-,8+,9-,10-;;;;;;;;;/m1........./s1. The molecule has 26 heteroatoms. The molecule has 1 aliphatic heterocycles. The summed E-state index contributed by atoms with van der Waals surface area (Å²) in [5, 5.41) is 74.4. The first-order chi connectivity index (χ1) is 31.4. The highest BCUT2D eigenvalue weighted by Gasteiger charge is 2.41. The molecular weight excluding hydrogens is 905 g/mol. The van der Waals surface area contributed by atoms with E-state index in [2.05, 4.69) is 54.5 Å². The average Bonchev–Trinajstić information content (AvgIpc) is 3.26. The molecule has 0 aromatic rings. The molecule has 29 N–H and O–H groups in total. The third-order valence-electron chi connectivity index (χ3n) is 8.36. The zero-order valence-corrected chi connectivity index (χ0v) is 43.5. The summed E-state index contributed by atoms with van der Waals surface area (Å²) in [5.74, 6) is 0.660. The summed E-state index contributed by atoms with van der Waals surface area (Å²) < 4.78 is 4.70. The molecule has 0 aliphatic carbocycles. The van der Waals surface area contributed by atoms with Crippen molar-refractivity contribution in [3.63, 3.8) is 0 Å². The molecule has 26 nitrogen and oxygen atoms in total. The number of nitrogens with zero attached hydrogens (tertiary/aromatic N) is 3. The number of nitrogens with two attached hydrogens (primary N) is 7. The van der Waals surface area contributed by atoms with Crippen LogP contribution < -0.4 is 56.9 Å². The molecule has 1 saturated heterocycles.